The van der Waals surface area contributed by atoms with Gasteiger partial charge in [0, 0.05) is 37.8 Å². The van der Waals surface area contributed by atoms with Crippen molar-refractivity contribution < 1.29 is 19.1 Å². The highest BCUT2D eigenvalue weighted by molar-refractivity contribution is 7.17. The maximum absolute atomic E-state index is 12.9. The number of hydrogen-bond acceptors (Lipinski definition) is 10. The van der Waals surface area contributed by atoms with Crippen LogP contribution >= 0.6 is 22.9 Å². The number of amides is 3. The first kappa shape index (κ1) is 30.0. The number of pyridine rings is 2. The van der Waals surface area contributed by atoms with Gasteiger partial charge in [-0.05, 0) is 42.8 Å². The third-order valence-electron chi connectivity index (χ3n) is 7.59. The Kier molecular flexibility index (Phi) is 8.37. The van der Waals surface area contributed by atoms with Crippen LogP contribution in [0.25, 0.3) is 11.3 Å². The number of nitrogens with zero attached hydrogens (tertiary/aromatic N) is 5. The highest BCUT2D eigenvalue weighted by Gasteiger charge is 2.35. The maximum atomic E-state index is 12.9. The molecule has 0 saturated carbocycles. The van der Waals surface area contributed by atoms with E-state index in [0.29, 0.717) is 74.7 Å². The SMILES string of the molecule is C=CC(=O)N1CCN2c3ncc(-c4ccc(OC)c(Nc5ncc(C(=O)Nc6c(C)cccc6Cl)s5)n4)cc3NC(=O)CC2C1. The van der Waals surface area contributed by atoms with E-state index in [1.54, 1.807) is 29.3 Å². The summed E-state index contributed by atoms with van der Waals surface area (Å²) >= 11 is 7.43. The zero-order valence-electron chi connectivity index (χ0n) is 24.5. The van der Waals surface area contributed by atoms with Crippen LogP contribution in [0.4, 0.5) is 28.1 Å². The number of halogens is 1. The van der Waals surface area contributed by atoms with E-state index >= 15 is 0 Å². The highest BCUT2D eigenvalue weighted by Crippen LogP contribution is 2.36. The second kappa shape index (κ2) is 12.5. The van der Waals surface area contributed by atoms with E-state index in [9.17, 15) is 14.4 Å². The number of nitrogens with one attached hydrogen (secondary N) is 3. The van der Waals surface area contributed by atoms with Crippen LogP contribution in [0.2, 0.25) is 5.02 Å². The molecule has 3 aromatic heterocycles. The van der Waals surface area contributed by atoms with Crippen molar-refractivity contribution in [3.63, 3.8) is 0 Å². The lowest BCUT2D eigenvalue weighted by atomic mass is 10.1. The standard InChI is InChI=1S/C31H29ClN8O4S/c1-4-26(42)39-10-11-40-19(16-39)13-25(41)35-22-12-18(14-33-29(22)40)21-8-9-23(44-3)28(36-21)38-31-34-15-24(45-31)30(43)37-27-17(2)6-5-7-20(27)32/h4-9,12,14-15,19H,1,10-11,13,16H2,2-3H3,(H,35,41)(H,37,43)(H,34,36,38). The molecule has 0 aliphatic carbocycles. The first-order valence-electron chi connectivity index (χ1n) is 14.1. The Bertz CT molecular complexity index is 1810. The average Bonchev–Trinajstić information content (AvgIpc) is 3.45. The predicted molar refractivity (Wildman–Crippen MR) is 175 cm³/mol. The van der Waals surface area contributed by atoms with E-state index in [1.165, 1.54) is 19.4 Å². The van der Waals surface area contributed by atoms with Crippen LogP contribution in [0, 0.1) is 6.92 Å². The zero-order valence-corrected chi connectivity index (χ0v) is 26.0. The number of piperazine rings is 1. The van der Waals surface area contributed by atoms with Crippen LogP contribution in [0.5, 0.6) is 5.75 Å². The second-order valence-corrected chi connectivity index (χ2v) is 11.9. The molecule has 2 aliphatic rings. The summed E-state index contributed by atoms with van der Waals surface area (Å²) in [7, 11) is 1.53. The van der Waals surface area contributed by atoms with E-state index in [1.807, 2.05) is 25.1 Å². The predicted octanol–water partition coefficient (Wildman–Crippen LogP) is 5.11. The summed E-state index contributed by atoms with van der Waals surface area (Å²) in [4.78, 5) is 56.0. The Balaban J connectivity index is 1.23. The van der Waals surface area contributed by atoms with Gasteiger partial charge in [-0.2, -0.15) is 0 Å². The Labute approximate surface area is 268 Å². The molecule has 3 amide bonds. The van der Waals surface area contributed by atoms with Gasteiger partial charge < -0.3 is 30.5 Å². The number of methoxy groups -OCH3 is 1. The van der Waals surface area contributed by atoms with E-state index in [0.717, 1.165) is 16.9 Å². The normalized spacial score (nSPS) is 15.7. The number of ether oxygens (including phenoxy) is 1. The summed E-state index contributed by atoms with van der Waals surface area (Å²) in [5, 5.41) is 9.87. The number of hydrogen-bond donors (Lipinski definition) is 3. The molecule has 1 aromatic carbocycles. The van der Waals surface area contributed by atoms with Gasteiger partial charge in [0.05, 0.1) is 41.4 Å². The number of thiazole rings is 1. The van der Waals surface area contributed by atoms with Gasteiger partial charge in [-0.3, -0.25) is 14.4 Å². The molecule has 14 heteroatoms. The van der Waals surface area contributed by atoms with Crippen molar-refractivity contribution in [1.82, 2.24) is 19.9 Å². The minimum absolute atomic E-state index is 0.151. The molecule has 4 aromatic rings. The van der Waals surface area contributed by atoms with Crippen LogP contribution in [-0.2, 0) is 9.59 Å². The maximum Gasteiger partial charge on any atom is 0.267 e. The lowest BCUT2D eigenvalue weighted by Gasteiger charge is -2.40. The number of fused-ring (bicyclic) bond motifs is 3. The molecule has 12 nitrogen and oxygen atoms in total. The molecule has 0 spiro atoms. The third-order valence-corrected chi connectivity index (χ3v) is 8.82. The number of aryl methyl sites for hydroxylation is 1. The van der Waals surface area contributed by atoms with E-state index in [2.05, 4.69) is 32.4 Å². The summed E-state index contributed by atoms with van der Waals surface area (Å²) in [6, 6.07) is 10.6. The van der Waals surface area contributed by atoms with Gasteiger partial charge in [-0.1, -0.05) is 41.6 Å². The van der Waals surface area contributed by atoms with Crippen molar-refractivity contribution in [2.24, 2.45) is 0 Å². The quantitative estimate of drug-likeness (QED) is 0.234. The molecule has 0 bridgehead atoms. The van der Waals surface area contributed by atoms with Gasteiger partial charge >= 0.3 is 0 Å². The summed E-state index contributed by atoms with van der Waals surface area (Å²) in [6.45, 7) is 6.90. The number of carbonyl (C=O) groups excluding carboxylic acids is 3. The number of benzene rings is 1. The van der Waals surface area contributed by atoms with Crippen molar-refractivity contribution in [3.8, 4) is 17.0 Å². The van der Waals surface area contributed by atoms with Crippen molar-refractivity contribution in [1.29, 1.82) is 0 Å². The molecular formula is C31H29ClN8O4S. The fourth-order valence-corrected chi connectivity index (χ4v) is 6.32. The van der Waals surface area contributed by atoms with E-state index < -0.39 is 0 Å². The van der Waals surface area contributed by atoms with E-state index in [4.69, 9.17) is 26.3 Å². The van der Waals surface area contributed by atoms with Gasteiger partial charge in [0.2, 0.25) is 11.8 Å². The Morgan fingerprint density at radius 1 is 1.20 bits per heavy atom. The summed E-state index contributed by atoms with van der Waals surface area (Å²) in [6.07, 6.45) is 4.70. The molecule has 6 rings (SSSR count). The Hall–Kier alpha value is -5.01. The number of anilines is 5. The van der Waals surface area contributed by atoms with Gasteiger partial charge in [0.15, 0.2) is 22.5 Å². The van der Waals surface area contributed by atoms with Crippen molar-refractivity contribution in [2.75, 3.05) is 47.6 Å². The lowest BCUT2D eigenvalue weighted by molar-refractivity contribution is -0.127. The fraction of sp³-hybridized carbons (Fsp3) is 0.226. The van der Waals surface area contributed by atoms with E-state index in [-0.39, 0.29) is 30.2 Å². The molecule has 3 N–H and O–H groups in total. The molecule has 0 radical (unpaired) electrons. The van der Waals surface area contributed by atoms with Crippen LogP contribution in [0.3, 0.4) is 0 Å². The monoisotopic (exact) mass is 644 g/mol. The molecule has 2 aliphatic heterocycles. The number of carbonyl (C=O) groups is 3. The van der Waals surface area contributed by atoms with Crippen LogP contribution in [0.15, 0.2) is 61.4 Å². The van der Waals surface area contributed by atoms with Crippen molar-refractivity contribution in [3.05, 3.63) is 76.9 Å². The second-order valence-electron chi connectivity index (χ2n) is 10.5. The molecule has 1 atom stereocenters. The molecule has 45 heavy (non-hydrogen) atoms. The molecule has 1 saturated heterocycles. The zero-order chi connectivity index (χ0) is 31.7. The van der Waals surface area contributed by atoms with Gasteiger partial charge in [0.25, 0.3) is 5.91 Å². The first-order chi connectivity index (χ1) is 21.7. The van der Waals surface area contributed by atoms with Crippen LogP contribution in [-0.4, -0.2) is 70.4 Å². The molecule has 1 unspecified atom stereocenters. The Morgan fingerprint density at radius 3 is 2.82 bits per heavy atom. The van der Waals surface area contributed by atoms with Gasteiger partial charge in [0.1, 0.15) is 4.88 Å². The topological polar surface area (TPSA) is 142 Å². The molecule has 230 valence electrons. The number of aromatic nitrogens is 3. The van der Waals surface area contributed by atoms with Gasteiger partial charge in [-0.15, -0.1) is 0 Å². The molecule has 1 fully saturated rings. The number of para-hydroxylation sites is 1. The average molecular weight is 645 g/mol. The minimum Gasteiger partial charge on any atom is -0.493 e. The summed E-state index contributed by atoms with van der Waals surface area (Å²) in [5.74, 6) is 0.862. The molecule has 5 heterocycles. The molecular weight excluding hydrogens is 616 g/mol. The minimum atomic E-state index is -0.334. The largest absolute Gasteiger partial charge is 0.493 e. The number of rotatable bonds is 7. The Morgan fingerprint density at radius 2 is 2.04 bits per heavy atom. The van der Waals surface area contributed by atoms with Crippen molar-refractivity contribution >= 4 is 68.8 Å². The third kappa shape index (κ3) is 6.17. The van der Waals surface area contributed by atoms with Crippen LogP contribution in [0.1, 0.15) is 21.7 Å². The fourth-order valence-electron chi connectivity index (χ4n) is 5.34. The highest BCUT2D eigenvalue weighted by atomic mass is 35.5. The first-order valence-corrected chi connectivity index (χ1v) is 15.3. The van der Waals surface area contributed by atoms with Crippen LogP contribution < -0.4 is 25.6 Å². The van der Waals surface area contributed by atoms with Gasteiger partial charge in [-0.25, -0.2) is 15.0 Å². The van der Waals surface area contributed by atoms with Crippen molar-refractivity contribution in [2.45, 2.75) is 19.4 Å². The summed E-state index contributed by atoms with van der Waals surface area (Å²) in [5.41, 5.74) is 3.22. The smallest absolute Gasteiger partial charge is 0.267 e. The lowest BCUT2D eigenvalue weighted by Crippen LogP contribution is -2.55. The summed E-state index contributed by atoms with van der Waals surface area (Å²) < 4.78 is 5.53.